The average molecular weight is 337 g/mol. The van der Waals surface area contributed by atoms with Gasteiger partial charge in [-0.2, -0.15) is 0 Å². The third kappa shape index (κ3) is 3.35. The minimum Gasteiger partial charge on any atom is -0.330 e. The van der Waals surface area contributed by atoms with E-state index in [2.05, 4.69) is 20.9 Å². The van der Waals surface area contributed by atoms with Crippen LogP contribution < -0.4 is 11.3 Å². The van der Waals surface area contributed by atoms with E-state index >= 15 is 0 Å². The smallest absolute Gasteiger partial charge is 0.249 e. The van der Waals surface area contributed by atoms with Crippen molar-refractivity contribution in [3.8, 4) is 0 Å². The van der Waals surface area contributed by atoms with Gasteiger partial charge in [-0.15, -0.1) is 0 Å². The lowest BCUT2D eigenvalue weighted by Gasteiger charge is -2.10. The lowest BCUT2D eigenvalue weighted by molar-refractivity contribution is 0.0989. The van der Waals surface area contributed by atoms with Crippen LogP contribution in [0, 0.1) is 0 Å². The molecule has 2 rings (SSSR count). The summed E-state index contributed by atoms with van der Waals surface area (Å²) >= 11 is 3.42. The van der Waals surface area contributed by atoms with Crippen LogP contribution in [0.2, 0.25) is 0 Å². The molecule has 20 heavy (non-hydrogen) atoms. The van der Waals surface area contributed by atoms with Crippen LogP contribution in [-0.4, -0.2) is 22.1 Å². The summed E-state index contributed by atoms with van der Waals surface area (Å²) in [7, 11) is 0. The van der Waals surface area contributed by atoms with Crippen molar-refractivity contribution in [3.63, 3.8) is 0 Å². The second-order valence-corrected chi connectivity index (χ2v) is 5.81. The molecule has 1 aromatic heterocycles. The van der Waals surface area contributed by atoms with Crippen LogP contribution in [0.15, 0.2) is 35.1 Å². The van der Waals surface area contributed by atoms with Gasteiger partial charge in [0.25, 0.3) is 0 Å². The van der Waals surface area contributed by atoms with Crippen molar-refractivity contribution in [2.75, 3.05) is 6.54 Å². The summed E-state index contributed by atoms with van der Waals surface area (Å²) in [6.45, 7) is 0.627. The Labute approximate surface area is 125 Å². The number of nitrogens with one attached hydrogen (secondary N) is 1. The fourth-order valence-electron chi connectivity index (χ4n) is 2.18. The zero-order valence-electron chi connectivity index (χ0n) is 11.1. The van der Waals surface area contributed by atoms with Crippen LogP contribution >= 0.6 is 15.9 Å². The SMILES string of the molecule is NCCCC[C@@H](Br)C(=O)c1cc(=O)[nH]c2ccccc12. The first-order chi connectivity index (χ1) is 9.63. The van der Waals surface area contributed by atoms with Crippen molar-refractivity contribution in [2.45, 2.75) is 24.1 Å². The normalized spacial score (nSPS) is 12.5. The maximum absolute atomic E-state index is 12.5. The molecule has 2 aromatic rings. The Morgan fingerprint density at radius 2 is 2.05 bits per heavy atom. The number of benzene rings is 1. The maximum Gasteiger partial charge on any atom is 0.249 e. The molecule has 0 saturated carbocycles. The predicted octanol–water partition coefficient (Wildman–Crippen LogP) is 2.60. The Hall–Kier alpha value is -1.46. The van der Waals surface area contributed by atoms with Gasteiger partial charge in [0.2, 0.25) is 5.56 Å². The van der Waals surface area contributed by atoms with Crippen LogP contribution in [0.4, 0.5) is 0 Å². The number of rotatable bonds is 6. The van der Waals surface area contributed by atoms with Gasteiger partial charge in [0.1, 0.15) is 0 Å². The molecule has 1 aromatic carbocycles. The number of H-pyrrole nitrogens is 1. The van der Waals surface area contributed by atoms with Gasteiger partial charge in [-0.25, -0.2) is 0 Å². The predicted molar refractivity (Wildman–Crippen MR) is 84.5 cm³/mol. The molecule has 0 unspecified atom stereocenters. The number of para-hydroxylation sites is 1. The summed E-state index contributed by atoms with van der Waals surface area (Å²) in [5, 5.41) is 0.778. The number of aromatic nitrogens is 1. The Morgan fingerprint density at radius 3 is 2.80 bits per heavy atom. The molecule has 0 spiro atoms. The van der Waals surface area contributed by atoms with E-state index in [1.807, 2.05) is 18.2 Å². The van der Waals surface area contributed by atoms with Crippen LogP contribution in [0.25, 0.3) is 10.9 Å². The van der Waals surface area contributed by atoms with Gasteiger partial charge in [-0.1, -0.05) is 40.5 Å². The zero-order valence-corrected chi connectivity index (χ0v) is 12.7. The molecular formula is C15H17BrN2O2. The molecule has 0 radical (unpaired) electrons. The first kappa shape index (κ1) is 14.9. The molecule has 4 nitrogen and oxygen atoms in total. The first-order valence-electron chi connectivity index (χ1n) is 6.64. The number of unbranched alkanes of at least 4 members (excludes halogenated alkanes) is 1. The van der Waals surface area contributed by atoms with Crippen molar-refractivity contribution < 1.29 is 4.79 Å². The van der Waals surface area contributed by atoms with Crippen molar-refractivity contribution in [1.29, 1.82) is 0 Å². The second kappa shape index (κ2) is 6.81. The Kier molecular flexibility index (Phi) is 5.09. The molecule has 3 N–H and O–H groups in total. The number of carbonyl (C=O) groups excluding carboxylic acids is 1. The molecule has 0 fully saturated rings. The third-order valence-corrected chi connectivity index (χ3v) is 4.09. The number of alkyl halides is 1. The van der Waals surface area contributed by atoms with Gasteiger partial charge >= 0.3 is 0 Å². The number of hydrogen-bond acceptors (Lipinski definition) is 3. The molecule has 0 bridgehead atoms. The summed E-state index contributed by atoms with van der Waals surface area (Å²) < 4.78 is 0. The molecule has 0 amide bonds. The highest BCUT2D eigenvalue weighted by atomic mass is 79.9. The molecule has 1 heterocycles. The molecule has 0 aliphatic carbocycles. The Balaban J connectivity index is 2.32. The first-order valence-corrected chi connectivity index (χ1v) is 7.55. The summed E-state index contributed by atoms with van der Waals surface area (Å²) in [5.74, 6) is -0.0516. The molecule has 1 atom stereocenters. The standard InChI is InChI=1S/C15H17BrN2O2/c16-12(6-3-4-8-17)15(20)11-9-14(19)18-13-7-2-1-5-10(11)13/h1-2,5,7,9,12H,3-4,6,8,17H2,(H,18,19)/t12-/m1/s1. The lowest BCUT2D eigenvalue weighted by atomic mass is 10.0. The number of nitrogens with two attached hydrogens (primary N) is 1. The van der Waals surface area contributed by atoms with Crippen molar-refractivity contribution >= 4 is 32.6 Å². The summed E-state index contributed by atoms with van der Waals surface area (Å²) in [4.78, 5) is 26.6. The number of hydrogen-bond donors (Lipinski definition) is 2. The lowest BCUT2D eigenvalue weighted by Crippen LogP contribution is -2.18. The molecule has 0 aliphatic rings. The number of Topliss-reactive ketones (excluding diaryl/α,β-unsaturated/α-hetero) is 1. The second-order valence-electron chi connectivity index (χ2n) is 4.71. The highest BCUT2D eigenvalue weighted by Gasteiger charge is 2.19. The maximum atomic E-state index is 12.5. The van der Waals surface area contributed by atoms with Gasteiger partial charge in [-0.05, 0) is 25.5 Å². The van der Waals surface area contributed by atoms with Crippen molar-refractivity contribution in [1.82, 2.24) is 4.98 Å². The molecular weight excluding hydrogens is 320 g/mol. The number of aromatic amines is 1. The molecule has 106 valence electrons. The van der Waals surface area contributed by atoms with E-state index in [0.717, 1.165) is 24.6 Å². The third-order valence-electron chi connectivity index (χ3n) is 3.21. The van der Waals surface area contributed by atoms with E-state index in [1.165, 1.54) is 6.07 Å². The quantitative estimate of drug-likeness (QED) is 0.483. The van der Waals surface area contributed by atoms with Crippen molar-refractivity contribution in [2.24, 2.45) is 5.73 Å². The monoisotopic (exact) mass is 336 g/mol. The highest BCUT2D eigenvalue weighted by Crippen LogP contribution is 2.21. The summed E-state index contributed by atoms with van der Waals surface area (Å²) in [5.41, 5.74) is 6.35. The topological polar surface area (TPSA) is 76.0 Å². The van der Waals surface area contributed by atoms with Gasteiger partial charge in [0.15, 0.2) is 5.78 Å². The number of ketones is 1. The van der Waals surface area contributed by atoms with Gasteiger partial charge in [0, 0.05) is 22.5 Å². The molecule has 0 aliphatic heterocycles. The molecule has 0 saturated heterocycles. The van der Waals surface area contributed by atoms with E-state index in [4.69, 9.17) is 5.73 Å². The van der Waals surface area contributed by atoms with Gasteiger partial charge < -0.3 is 10.7 Å². The van der Waals surface area contributed by atoms with Crippen LogP contribution in [-0.2, 0) is 0 Å². The zero-order chi connectivity index (χ0) is 14.5. The van der Waals surface area contributed by atoms with E-state index in [-0.39, 0.29) is 16.2 Å². The highest BCUT2D eigenvalue weighted by molar-refractivity contribution is 9.10. The fraction of sp³-hybridized carbons (Fsp3) is 0.333. The van der Waals surface area contributed by atoms with Crippen molar-refractivity contribution in [3.05, 3.63) is 46.2 Å². The number of fused-ring (bicyclic) bond motifs is 1. The Bertz CT molecular complexity index is 666. The van der Waals surface area contributed by atoms with E-state index < -0.39 is 0 Å². The summed E-state index contributed by atoms with van der Waals surface area (Å²) in [6, 6.07) is 8.71. The summed E-state index contributed by atoms with van der Waals surface area (Å²) in [6.07, 6.45) is 2.50. The van der Waals surface area contributed by atoms with Gasteiger partial charge in [-0.3, -0.25) is 9.59 Å². The van der Waals surface area contributed by atoms with Crippen LogP contribution in [0.1, 0.15) is 29.6 Å². The van der Waals surface area contributed by atoms with Crippen LogP contribution in [0.5, 0.6) is 0 Å². The average Bonchev–Trinajstić information content (AvgIpc) is 2.45. The Morgan fingerprint density at radius 1 is 1.30 bits per heavy atom. The van der Waals surface area contributed by atoms with Gasteiger partial charge in [0.05, 0.1) is 4.83 Å². The number of pyridine rings is 1. The van der Waals surface area contributed by atoms with E-state index in [9.17, 15) is 9.59 Å². The van der Waals surface area contributed by atoms with Crippen LogP contribution in [0.3, 0.4) is 0 Å². The largest absolute Gasteiger partial charge is 0.330 e. The minimum atomic E-state index is -0.278. The fourth-order valence-corrected chi connectivity index (χ4v) is 2.75. The van der Waals surface area contributed by atoms with E-state index in [1.54, 1.807) is 6.07 Å². The number of halogens is 1. The molecule has 5 heteroatoms. The number of carbonyl (C=O) groups is 1. The minimum absolute atomic E-state index is 0.0516. The van der Waals surface area contributed by atoms with E-state index in [0.29, 0.717) is 17.6 Å².